The number of carbonyl (C=O) groups is 1. The fourth-order valence-electron chi connectivity index (χ4n) is 4.45. The monoisotopic (exact) mass is 507 g/mol. The number of carbonyl (C=O) groups excluding carboxylic acids is 1. The lowest BCUT2D eigenvalue weighted by atomic mass is 10.0. The Morgan fingerprint density at radius 1 is 0.757 bits per heavy atom. The maximum Gasteiger partial charge on any atom is 0.248 e. The summed E-state index contributed by atoms with van der Waals surface area (Å²) in [6, 6.07) is 14.2. The van der Waals surface area contributed by atoms with Crippen LogP contribution in [0.4, 0.5) is 5.69 Å². The largest absolute Gasteiger partial charge is 0.508 e. The van der Waals surface area contributed by atoms with Crippen LogP contribution in [-0.4, -0.2) is 17.6 Å². The van der Waals surface area contributed by atoms with Gasteiger partial charge in [-0.15, -0.1) is 0 Å². The SMILES string of the molecule is CCCCCCCCCCCCCCCCCCOc1cccc(NC(=O)C=Cc2ccc(O)cc2)c1. The number of aromatic hydroxyl groups is 1. The molecule has 2 aromatic carbocycles. The Kier molecular flexibility index (Phi) is 16.7. The van der Waals surface area contributed by atoms with Crippen molar-refractivity contribution in [2.75, 3.05) is 11.9 Å². The van der Waals surface area contributed by atoms with Crippen LogP contribution in [0.5, 0.6) is 11.5 Å². The second-order valence-corrected chi connectivity index (χ2v) is 10.1. The maximum absolute atomic E-state index is 12.2. The summed E-state index contributed by atoms with van der Waals surface area (Å²) in [6.45, 7) is 2.99. The van der Waals surface area contributed by atoms with Crippen molar-refractivity contribution in [3.05, 3.63) is 60.2 Å². The van der Waals surface area contributed by atoms with E-state index in [-0.39, 0.29) is 11.7 Å². The van der Waals surface area contributed by atoms with Crippen LogP contribution in [0.2, 0.25) is 0 Å². The molecule has 4 nitrogen and oxygen atoms in total. The molecule has 2 rings (SSSR count). The molecule has 0 fully saturated rings. The van der Waals surface area contributed by atoms with Crippen LogP contribution in [0.25, 0.3) is 6.08 Å². The Labute approximate surface area is 225 Å². The van der Waals surface area contributed by atoms with Gasteiger partial charge in [-0.3, -0.25) is 4.79 Å². The maximum atomic E-state index is 12.2. The number of ether oxygens (including phenoxy) is 1. The summed E-state index contributed by atoms with van der Waals surface area (Å²) in [5.74, 6) is 0.780. The summed E-state index contributed by atoms with van der Waals surface area (Å²) in [4.78, 5) is 12.2. The molecule has 0 aliphatic heterocycles. The Bertz CT molecular complexity index is 875. The van der Waals surface area contributed by atoms with E-state index in [0.29, 0.717) is 12.3 Å². The molecule has 0 aliphatic rings. The highest BCUT2D eigenvalue weighted by Gasteiger charge is 2.01. The highest BCUT2D eigenvalue weighted by atomic mass is 16.5. The van der Waals surface area contributed by atoms with Gasteiger partial charge in [-0.1, -0.05) is 121 Å². The lowest BCUT2D eigenvalue weighted by Crippen LogP contribution is -2.08. The zero-order chi connectivity index (χ0) is 26.4. The summed E-state index contributed by atoms with van der Waals surface area (Å²) in [5.41, 5.74) is 1.56. The fourth-order valence-corrected chi connectivity index (χ4v) is 4.45. The van der Waals surface area contributed by atoms with E-state index in [1.54, 1.807) is 30.3 Å². The molecular weight excluding hydrogens is 458 g/mol. The lowest BCUT2D eigenvalue weighted by molar-refractivity contribution is -0.111. The molecule has 0 saturated carbocycles. The first-order valence-electron chi connectivity index (χ1n) is 14.7. The van der Waals surface area contributed by atoms with Gasteiger partial charge >= 0.3 is 0 Å². The third kappa shape index (κ3) is 15.9. The molecule has 0 bridgehead atoms. The molecule has 37 heavy (non-hydrogen) atoms. The zero-order valence-corrected chi connectivity index (χ0v) is 23.1. The molecule has 2 aromatic rings. The van der Waals surface area contributed by atoms with Gasteiger partial charge in [-0.2, -0.15) is 0 Å². The van der Waals surface area contributed by atoms with Crippen molar-refractivity contribution in [1.82, 2.24) is 0 Å². The van der Waals surface area contributed by atoms with E-state index in [1.807, 2.05) is 24.3 Å². The van der Waals surface area contributed by atoms with Gasteiger partial charge in [0.25, 0.3) is 0 Å². The molecule has 0 aromatic heterocycles. The summed E-state index contributed by atoms with van der Waals surface area (Å²) < 4.78 is 5.89. The predicted molar refractivity (Wildman–Crippen MR) is 157 cm³/mol. The van der Waals surface area contributed by atoms with E-state index in [2.05, 4.69) is 12.2 Å². The minimum absolute atomic E-state index is 0.206. The van der Waals surface area contributed by atoms with Crippen LogP contribution in [-0.2, 0) is 4.79 Å². The predicted octanol–water partition coefficient (Wildman–Crippen LogP) is 9.68. The summed E-state index contributed by atoms with van der Waals surface area (Å²) in [5, 5.41) is 12.2. The molecule has 204 valence electrons. The molecule has 2 N–H and O–H groups in total. The molecule has 0 saturated heterocycles. The van der Waals surface area contributed by atoms with Gasteiger partial charge in [0.1, 0.15) is 11.5 Å². The van der Waals surface area contributed by atoms with Crippen molar-refractivity contribution in [2.24, 2.45) is 0 Å². The second-order valence-electron chi connectivity index (χ2n) is 10.1. The number of unbranched alkanes of at least 4 members (excludes halogenated alkanes) is 15. The standard InChI is InChI=1S/C33H49NO3/c1-2-3-4-5-6-7-8-9-10-11-12-13-14-15-16-17-27-37-32-20-18-19-30(28-32)34-33(36)26-23-29-21-24-31(35)25-22-29/h18-26,28,35H,2-17,27H2,1H3,(H,34,36). The van der Waals surface area contributed by atoms with Crippen molar-refractivity contribution >= 4 is 17.7 Å². The van der Waals surface area contributed by atoms with Crippen molar-refractivity contribution in [2.45, 2.75) is 110 Å². The normalized spacial score (nSPS) is 11.2. The summed E-state index contributed by atoms with van der Waals surface area (Å²) in [6.07, 6.45) is 25.0. The average molecular weight is 508 g/mol. The summed E-state index contributed by atoms with van der Waals surface area (Å²) in [7, 11) is 0. The molecule has 1 amide bonds. The first-order chi connectivity index (χ1) is 18.2. The first kappa shape index (κ1) is 30.5. The van der Waals surface area contributed by atoms with E-state index in [1.165, 1.54) is 102 Å². The van der Waals surface area contributed by atoms with Crippen LogP contribution >= 0.6 is 0 Å². The topological polar surface area (TPSA) is 58.6 Å². The van der Waals surface area contributed by atoms with Crippen LogP contribution in [0.1, 0.15) is 115 Å². The smallest absolute Gasteiger partial charge is 0.248 e. The van der Waals surface area contributed by atoms with Crippen molar-refractivity contribution in [3.8, 4) is 11.5 Å². The van der Waals surface area contributed by atoms with E-state index >= 15 is 0 Å². The van der Waals surface area contributed by atoms with Gasteiger partial charge in [0.2, 0.25) is 5.91 Å². The highest BCUT2D eigenvalue weighted by molar-refractivity contribution is 6.02. The van der Waals surface area contributed by atoms with E-state index in [9.17, 15) is 9.90 Å². The zero-order valence-electron chi connectivity index (χ0n) is 23.1. The highest BCUT2D eigenvalue weighted by Crippen LogP contribution is 2.19. The van der Waals surface area contributed by atoms with Crippen LogP contribution in [0.15, 0.2) is 54.6 Å². The Morgan fingerprint density at radius 2 is 1.30 bits per heavy atom. The molecule has 0 atom stereocenters. The molecule has 0 aliphatic carbocycles. The molecule has 0 spiro atoms. The van der Waals surface area contributed by atoms with Crippen molar-refractivity contribution in [1.29, 1.82) is 0 Å². The third-order valence-electron chi connectivity index (χ3n) is 6.69. The number of benzene rings is 2. The Balaban J connectivity index is 1.45. The van der Waals surface area contributed by atoms with Gasteiger partial charge in [-0.25, -0.2) is 0 Å². The molecule has 0 unspecified atom stereocenters. The quantitative estimate of drug-likeness (QED) is 0.131. The fraction of sp³-hybridized carbons (Fsp3) is 0.545. The number of hydrogen-bond acceptors (Lipinski definition) is 3. The lowest BCUT2D eigenvalue weighted by Gasteiger charge is -2.08. The van der Waals surface area contributed by atoms with Gasteiger partial charge in [-0.05, 0) is 42.3 Å². The van der Waals surface area contributed by atoms with Crippen LogP contribution in [0.3, 0.4) is 0 Å². The molecule has 0 heterocycles. The molecule has 0 radical (unpaired) electrons. The molecular formula is C33H49NO3. The van der Waals surface area contributed by atoms with Crippen LogP contribution in [0, 0.1) is 0 Å². The molecule has 4 heteroatoms. The van der Waals surface area contributed by atoms with Gasteiger partial charge in [0, 0.05) is 17.8 Å². The number of amides is 1. The number of nitrogens with one attached hydrogen (secondary N) is 1. The number of hydrogen-bond donors (Lipinski definition) is 2. The minimum Gasteiger partial charge on any atom is -0.508 e. The van der Waals surface area contributed by atoms with E-state index in [4.69, 9.17) is 4.74 Å². The van der Waals surface area contributed by atoms with Crippen molar-refractivity contribution < 1.29 is 14.6 Å². The second kappa shape index (κ2) is 20.3. The van der Waals surface area contributed by atoms with Gasteiger partial charge < -0.3 is 15.2 Å². The van der Waals surface area contributed by atoms with Gasteiger partial charge in [0.05, 0.1) is 6.61 Å². The average Bonchev–Trinajstić information content (AvgIpc) is 2.90. The van der Waals surface area contributed by atoms with Gasteiger partial charge in [0.15, 0.2) is 0 Å². The minimum atomic E-state index is -0.206. The van der Waals surface area contributed by atoms with E-state index in [0.717, 1.165) is 17.7 Å². The Morgan fingerprint density at radius 3 is 1.86 bits per heavy atom. The number of anilines is 1. The summed E-state index contributed by atoms with van der Waals surface area (Å²) >= 11 is 0. The Hall–Kier alpha value is -2.75. The van der Waals surface area contributed by atoms with E-state index < -0.39 is 0 Å². The first-order valence-corrected chi connectivity index (χ1v) is 14.7. The van der Waals surface area contributed by atoms with Crippen molar-refractivity contribution in [3.63, 3.8) is 0 Å². The number of phenolic OH excluding ortho intramolecular Hbond substituents is 1. The third-order valence-corrected chi connectivity index (χ3v) is 6.69. The number of phenols is 1. The van der Waals surface area contributed by atoms with Crippen LogP contribution < -0.4 is 10.1 Å². The number of rotatable bonds is 21.